The Hall–Kier alpha value is -2.36. The summed E-state index contributed by atoms with van der Waals surface area (Å²) < 4.78 is 52.6. The summed E-state index contributed by atoms with van der Waals surface area (Å²) in [7, 11) is 1.42. The van der Waals surface area contributed by atoms with Crippen molar-refractivity contribution in [3.05, 3.63) is 35.1 Å². The zero-order valence-electron chi connectivity index (χ0n) is 22.2. The van der Waals surface area contributed by atoms with Gasteiger partial charge < -0.3 is 10.4 Å². The zero-order chi connectivity index (χ0) is 27.7. The van der Waals surface area contributed by atoms with E-state index in [1.54, 1.807) is 0 Å². The van der Waals surface area contributed by atoms with E-state index in [1.165, 1.54) is 13.1 Å². The monoisotopic (exact) mass is 529 g/mol. The molecule has 0 bridgehead atoms. The smallest absolute Gasteiger partial charge is 0.419 e. The summed E-state index contributed by atoms with van der Waals surface area (Å²) in [4.78, 5) is 28.2. The van der Waals surface area contributed by atoms with Crippen LogP contribution < -0.4 is 5.32 Å². The summed E-state index contributed by atoms with van der Waals surface area (Å²) in [5.74, 6) is -0.936. The van der Waals surface area contributed by atoms with Crippen LogP contribution in [-0.2, 0) is 17.5 Å². The van der Waals surface area contributed by atoms with Gasteiger partial charge in [-0.3, -0.25) is 14.6 Å². The van der Waals surface area contributed by atoms with Crippen LogP contribution in [0.4, 0.5) is 22.4 Å². The topological polar surface area (TPSA) is 72.9 Å². The summed E-state index contributed by atoms with van der Waals surface area (Å²) in [5, 5.41) is 12.7. The molecule has 2 aliphatic rings. The number of likely N-dealkylation sites (N-methyl/N-ethyl adjacent to an activating group) is 1. The van der Waals surface area contributed by atoms with Gasteiger partial charge >= 0.3 is 12.3 Å². The number of amides is 2. The second-order valence-corrected chi connectivity index (χ2v) is 12.1. The Morgan fingerprint density at radius 1 is 1.19 bits per heavy atom. The van der Waals surface area contributed by atoms with Gasteiger partial charge in [0, 0.05) is 32.7 Å². The van der Waals surface area contributed by atoms with Gasteiger partial charge in [-0.2, -0.15) is 13.2 Å². The third kappa shape index (κ3) is 7.58. The van der Waals surface area contributed by atoms with Crippen molar-refractivity contribution in [2.45, 2.75) is 78.2 Å². The highest BCUT2D eigenvalue weighted by Crippen LogP contribution is 2.39. The molecule has 2 N–H and O–H groups in total. The number of carbonyl (C=O) groups excluding carboxylic acids is 1. The van der Waals surface area contributed by atoms with Crippen molar-refractivity contribution in [2.24, 2.45) is 23.2 Å². The van der Waals surface area contributed by atoms with Crippen molar-refractivity contribution in [3.8, 4) is 0 Å². The molecule has 10 heteroatoms. The van der Waals surface area contributed by atoms with Crippen LogP contribution in [0.5, 0.6) is 0 Å². The Kier molecular flexibility index (Phi) is 8.82. The van der Waals surface area contributed by atoms with Gasteiger partial charge in [-0.25, -0.2) is 9.18 Å². The SMILES string of the molecule is C[C@@H](CC(C(=O)N[C@@H]1CC[C@H]2CN(Cc3ccc(C(F)(F)F)c(F)c3)C[C@H]21)N(C)C(=O)O)CC(C)(C)C. The van der Waals surface area contributed by atoms with E-state index in [0.717, 1.165) is 42.8 Å². The van der Waals surface area contributed by atoms with Crippen molar-refractivity contribution in [1.82, 2.24) is 15.1 Å². The molecule has 2 amide bonds. The Morgan fingerprint density at radius 2 is 1.86 bits per heavy atom. The minimum Gasteiger partial charge on any atom is -0.465 e. The lowest BCUT2D eigenvalue weighted by Gasteiger charge is -2.31. The lowest BCUT2D eigenvalue weighted by Crippen LogP contribution is -2.52. The normalized spacial score (nSPS) is 24.0. The zero-order valence-corrected chi connectivity index (χ0v) is 22.2. The molecular formula is C27H39F4N3O3. The number of benzene rings is 1. The first kappa shape index (κ1) is 29.2. The Bertz CT molecular complexity index is 979. The molecule has 1 aliphatic carbocycles. The number of halogens is 4. The van der Waals surface area contributed by atoms with E-state index in [1.807, 2.05) is 6.92 Å². The van der Waals surface area contributed by atoms with Gasteiger partial charge in [0.05, 0.1) is 5.56 Å². The number of likely N-dealkylation sites (tertiary alicyclic amines) is 1. The van der Waals surface area contributed by atoms with Gasteiger partial charge in [0.15, 0.2) is 0 Å². The van der Waals surface area contributed by atoms with Crippen LogP contribution in [0.15, 0.2) is 18.2 Å². The standard InChI is InChI=1S/C27H39F4N3O3/c1-16(12-26(2,3)4)10-23(33(5)25(36)37)24(35)32-22-9-7-18-14-34(15-19(18)22)13-17-6-8-20(21(28)11-17)27(29,30)31/h6,8,11,16,18-19,22-23H,7,9-10,12-15H2,1-5H3,(H,32,35)(H,36,37)/t16-,18-,19+,22+,23?/m0/s1. The molecule has 0 radical (unpaired) electrons. The van der Waals surface area contributed by atoms with Crippen LogP contribution in [0, 0.1) is 29.0 Å². The quantitative estimate of drug-likeness (QED) is 0.430. The number of nitrogens with one attached hydrogen (secondary N) is 1. The molecule has 208 valence electrons. The van der Waals surface area contributed by atoms with Crippen molar-refractivity contribution >= 4 is 12.0 Å². The number of rotatable bonds is 8. The number of carbonyl (C=O) groups is 2. The maximum atomic E-state index is 14.0. The molecule has 5 atom stereocenters. The molecule has 1 aromatic carbocycles. The molecule has 37 heavy (non-hydrogen) atoms. The fourth-order valence-corrected chi connectivity index (χ4v) is 6.17. The Morgan fingerprint density at radius 3 is 2.43 bits per heavy atom. The van der Waals surface area contributed by atoms with E-state index in [0.29, 0.717) is 31.0 Å². The number of alkyl halides is 3. The fraction of sp³-hybridized carbons (Fsp3) is 0.704. The number of carboxylic acid groups (broad SMARTS) is 1. The first-order valence-electron chi connectivity index (χ1n) is 12.9. The van der Waals surface area contributed by atoms with E-state index >= 15 is 0 Å². The molecule has 1 saturated carbocycles. The van der Waals surface area contributed by atoms with E-state index in [4.69, 9.17) is 0 Å². The van der Waals surface area contributed by atoms with E-state index in [9.17, 15) is 32.3 Å². The molecule has 0 aromatic heterocycles. The average molecular weight is 530 g/mol. The summed E-state index contributed by atoms with van der Waals surface area (Å²) in [5.41, 5.74) is -0.735. The molecule has 2 fully saturated rings. The van der Waals surface area contributed by atoms with Crippen LogP contribution in [0.1, 0.15) is 64.5 Å². The molecule has 1 aromatic rings. The molecule has 1 aliphatic heterocycles. The minimum absolute atomic E-state index is 0.0597. The Labute approximate surface area is 216 Å². The summed E-state index contributed by atoms with van der Waals surface area (Å²) in [6.07, 6.45) is -2.90. The number of hydrogen-bond donors (Lipinski definition) is 2. The molecular weight excluding hydrogens is 490 g/mol. The third-order valence-electron chi connectivity index (χ3n) is 7.66. The van der Waals surface area contributed by atoms with Crippen LogP contribution in [-0.4, -0.2) is 59.1 Å². The van der Waals surface area contributed by atoms with Crippen LogP contribution in [0.3, 0.4) is 0 Å². The minimum atomic E-state index is -4.73. The van der Waals surface area contributed by atoms with Crippen LogP contribution in [0.25, 0.3) is 0 Å². The van der Waals surface area contributed by atoms with Gasteiger partial charge in [-0.1, -0.05) is 33.8 Å². The summed E-state index contributed by atoms with van der Waals surface area (Å²) in [6, 6.07) is 2.15. The summed E-state index contributed by atoms with van der Waals surface area (Å²) in [6.45, 7) is 10.1. The Balaban J connectivity index is 1.63. The average Bonchev–Trinajstić information content (AvgIpc) is 3.30. The van der Waals surface area contributed by atoms with Crippen molar-refractivity contribution in [1.29, 1.82) is 0 Å². The third-order valence-corrected chi connectivity index (χ3v) is 7.66. The van der Waals surface area contributed by atoms with Gasteiger partial charge in [-0.05, 0) is 66.5 Å². The predicted molar refractivity (Wildman–Crippen MR) is 132 cm³/mol. The second-order valence-electron chi connectivity index (χ2n) is 12.1. The van der Waals surface area contributed by atoms with E-state index in [-0.39, 0.29) is 29.2 Å². The molecule has 0 spiro atoms. The first-order valence-corrected chi connectivity index (χ1v) is 12.9. The maximum Gasteiger partial charge on any atom is 0.419 e. The number of hydrogen-bond acceptors (Lipinski definition) is 3. The molecule has 1 saturated heterocycles. The van der Waals surface area contributed by atoms with Crippen LogP contribution >= 0.6 is 0 Å². The maximum absolute atomic E-state index is 14.0. The van der Waals surface area contributed by atoms with Gasteiger partial charge in [-0.15, -0.1) is 0 Å². The lowest BCUT2D eigenvalue weighted by molar-refractivity contribution is -0.140. The molecule has 1 heterocycles. The summed E-state index contributed by atoms with van der Waals surface area (Å²) >= 11 is 0. The van der Waals surface area contributed by atoms with Gasteiger partial charge in [0.25, 0.3) is 0 Å². The van der Waals surface area contributed by atoms with Crippen molar-refractivity contribution < 1.29 is 32.3 Å². The molecule has 3 rings (SSSR count). The predicted octanol–water partition coefficient (Wildman–Crippen LogP) is 5.61. The highest BCUT2D eigenvalue weighted by Gasteiger charge is 2.44. The fourth-order valence-electron chi connectivity index (χ4n) is 6.17. The van der Waals surface area contributed by atoms with Crippen molar-refractivity contribution in [2.75, 3.05) is 20.1 Å². The van der Waals surface area contributed by atoms with E-state index < -0.39 is 29.7 Å². The number of nitrogens with zero attached hydrogens (tertiary/aromatic N) is 2. The second kappa shape index (κ2) is 11.2. The highest BCUT2D eigenvalue weighted by atomic mass is 19.4. The lowest BCUT2D eigenvalue weighted by atomic mass is 9.82. The van der Waals surface area contributed by atoms with Crippen LogP contribution in [0.2, 0.25) is 0 Å². The highest BCUT2D eigenvalue weighted by molar-refractivity contribution is 5.85. The van der Waals surface area contributed by atoms with Gasteiger partial charge in [0.2, 0.25) is 5.91 Å². The molecule has 1 unspecified atom stereocenters. The molecule has 6 nitrogen and oxygen atoms in total. The number of fused-ring (bicyclic) bond motifs is 1. The largest absolute Gasteiger partial charge is 0.465 e. The van der Waals surface area contributed by atoms with Gasteiger partial charge in [0.1, 0.15) is 11.9 Å². The first-order chi connectivity index (χ1) is 17.0. The van der Waals surface area contributed by atoms with E-state index in [2.05, 4.69) is 31.0 Å². The van der Waals surface area contributed by atoms with Crippen molar-refractivity contribution in [3.63, 3.8) is 0 Å².